The predicted molar refractivity (Wildman–Crippen MR) is 77.1 cm³/mol. The molecular weight excluding hydrogens is 248 g/mol. The quantitative estimate of drug-likeness (QED) is 0.471. The molecule has 0 heterocycles. The summed E-state index contributed by atoms with van der Waals surface area (Å²) < 4.78 is 0. The molecular formula is C18H10O2. The predicted octanol–water partition coefficient (Wildman–Crippen LogP) is 2.76. The Bertz CT molecular complexity index is 668. The molecule has 20 heavy (non-hydrogen) atoms. The van der Waals surface area contributed by atoms with Gasteiger partial charge < -0.3 is 0 Å². The SMILES string of the molecule is O=C(C#CC#CC(=O)c1ccccc1)c1ccccc1. The fourth-order valence-electron chi connectivity index (χ4n) is 1.50. The van der Waals surface area contributed by atoms with Gasteiger partial charge in [-0.1, -0.05) is 60.7 Å². The summed E-state index contributed by atoms with van der Waals surface area (Å²) in [5.41, 5.74) is 1.02. The summed E-state index contributed by atoms with van der Waals surface area (Å²) in [7, 11) is 0. The molecule has 0 aliphatic carbocycles. The summed E-state index contributed by atoms with van der Waals surface area (Å²) in [5.74, 6) is 8.96. The van der Waals surface area contributed by atoms with Gasteiger partial charge in [-0.15, -0.1) is 0 Å². The molecule has 0 saturated carbocycles. The van der Waals surface area contributed by atoms with Crippen LogP contribution in [0.1, 0.15) is 20.7 Å². The molecule has 0 atom stereocenters. The van der Waals surface area contributed by atoms with Crippen LogP contribution in [0.3, 0.4) is 0 Å². The van der Waals surface area contributed by atoms with Crippen LogP contribution in [0, 0.1) is 23.7 Å². The largest absolute Gasteiger partial charge is 0.279 e. The zero-order valence-corrected chi connectivity index (χ0v) is 10.6. The standard InChI is InChI=1S/C18H10O2/c19-17(15-9-3-1-4-10-15)13-7-8-14-18(20)16-11-5-2-6-12-16/h1-6,9-12H. The summed E-state index contributed by atoms with van der Waals surface area (Å²) in [4.78, 5) is 23.3. The van der Waals surface area contributed by atoms with Gasteiger partial charge in [0.05, 0.1) is 0 Å². The number of ketones is 2. The fourth-order valence-corrected chi connectivity index (χ4v) is 1.50. The topological polar surface area (TPSA) is 34.1 Å². The van der Waals surface area contributed by atoms with Gasteiger partial charge in [-0.05, 0) is 23.7 Å². The Morgan fingerprint density at radius 3 is 1.30 bits per heavy atom. The van der Waals surface area contributed by atoms with Crippen molar-refractivity contribution in [1.29, 1.82) is 0 Å². The molecule has 0 unspecified atom stereocenters. The number of hydrogen-bond donors (Lipinski definition) is 0. The van der Waals surface area contributed by atoms with Gasteiger partial charge >= 0.3 is 0 Å². The smallest absolute Gasteiger partial charge is 0.236 e. The Balaban J connectivity index is 2.04. The van der Waals surface area contributed by atoms with Crippen molar-refractivity contribution in [3.05, 3.63) is 71.8 Å². The van der Waals surface area contributed by atoms with Crippen molar-refractivity contribution in [3.63, 3.8) is 0 Å². The maximum absolute atomic E-state index is 11.6. The maximum atomic E-state index is 11.6. The van der Waals surface area contributed by atoms with Gasteiger partial charge in [0.1, 0.15) is 0 Å². The minimum absolute atomic E-state index is 0.313. The zero-order valence-electron chi connectivity index (χ0n) is 10.6. The Labute approximate surface area is 117 Å². The molecule has 2 heteroatoms. The molecule has 0 amide bonds. The van der Waals surface area contributed by atoms with Gasteiger partial charge in [0, 0.05) is 11.1 Å². The van der Waals surface area contributed by atoms with Gasteiger partial charge in [0.25, 0.3) is 0 Å². The summed E-state index contributed by atoms with van der Waals surface area (Å²) in [5, 5.41) is 0. The number of benzene rings is 2. The highest BCUT2D eigenvalue weighted by atomic mass is 16.1. The minimum atomic E-state index is -0.313. The molecule has 94 valence electrons. The van der Waals surface area contributed by atoms with E-state index in [4.69, 9.17) is 0 Å². The average Bonchev–Trinajstić information content (AvgIpc) is 2.53. The van der Waals surface area contributed by atoms with Crippen LogP contribution >= 0.6 is 0 Å². The van der Waals surface area contributed by atoms with Crippen molar-refractivity contribution in [1.82, 2.24) is 0 Å². The molecule has 0 spiro atoms. The van der Waals surface area contributed by atoms with Crippen molar-refractivity contribution in [2.24, 2.45) is 0 Å². The van der Waals surface area contributed by atoms with Crippen LogP contribution in [-0.4, -0.2) is 11.6 Å². The second-order valence-corrected chi connectivity index (χ2v) is 3.89. The molecule has 0 N–H and O–H groups in total. The first-order chi connectivity index (χ1) is 9.77. The highest BCUT2D eigenvalue weighted by molar-refractivity contribution is 6.11. The lowest BCUT2D eigenvalue weighted by Crippen LogP contribution is -1.94. The third-order valence-corrected chi connectivity index (χ3v) is 2.49. The Morgan fingerprint density at radius 1 is 0.600 bits per heavy atom. The maximum Gasteiger partial charge on any atom is 0.236 e. The highest BCUT2D eigenvalue weighted by Crippen LogP contribution is 1.99. The van der Waals surface area contributed by atoms with Gasteiger partial charge in [-0.3, -0.25) is 9.59 Å². The van der Waals surface area contributed by atoms with Gasteiger partial charge in [-0.25, -0.2) is 0 Å². The molecule has 2 nitrogen and oxygen atoms in total. The Morgan fingerprint density at radius 2 is 0.950 bits per heavy atom. The minimum Gasteiger partial charge on any atom is -0.279 e. The van der Waals surface area contributed by atoms with Crippen molar-refractivity contribution < 1.29 is 9.59 Å². The first-order valence-corrected chi connectivity index (χ1v) is 5.98. The van der Waals surface area contributed by atoms with E-state index in [0.717, 1.165) is 0 Å². The molecule has 0 aliphatic heterocycles. The molecule has 2 aromatic rings. The zero-order chi connectivity index (χ0) is 14.2. The number of hydrogen-bond acceptors (Lipinski definition) is 2. The lowest BCUT2D eigenvalue weighted by molar-refractivity contribution is 0.104. The first-order valence-electron chi connectivity index (χ1n) is 5.98. The lowest BCUT2D eigenvalue weighted by Gasteiger charge is -1.90. The number of Topliss-reactive ketones (excluding diaryl/α,β-unsaturated/α-hetero) is 2. The van der Waals surface area contributed by atoms with Crippen LogP contribution in [0.25, 0.3) is 0 Å². The molecule has 0 bridgehead atoms. The lowest BCUT2D eigenvalue weighted by atomic mass is 10.1. The van der Waals surface area contributed by atoms with E-state index in [1.807, 2.05) is 12.1 Å². The van der Waals surface area contributed by atoms with Crippen molar-refractivity contribution in [2.45, 2.75) is 0 Å². The second kappa shape index (κ2) is 6.73. The summed E-state index contributed by atoms with van der Waals surface area (Å²) in [6, 6.07) is 17.4. The van der Waals surface area contributed by atoms with E-state index in [1.165, 1.54) is 0 Å². The Kier molecular flexibility index (Phi) is 4.49. The highest BCUT2D eigenvalue weighted by Gasteiger charge is 1.99. The van der Waals surface area contributed by atoms with Gasteiger partial charge in [-0.2, -0.15) is 0 Å². The van der Waals surface area contributed by atoms with E-state index in [1.54, 1.807) is 48.5 Å². The molecule has 2 aromatic carbocycles. The van der Waals surface area contributed by atoms with E-state index < -0.39 is 0 Å². The fraction of sp³-hybridized carbons (Fsp3) is 0. The molecule has 2 rings (SSSR count). The number of carbonyl (C=O) groups excluding carboxylic acids is 2. The van der Waals surface area contributed by atoms with E-state index >= 15 is 0 Å². The molecule has 0 radical (unpaired) electrons. The van der Waals surface area contributed by atoms with Crippen molar-refractivity contribution in [2.75, 3.05) is 0 Å². The van der Waals surface area contributed by atoms with Gasteiger partial charge in [0.2, 0.25) is 11.6 Å². The third kappa shape index (κ3) is 3.70. The molecule has 0 saturated heterocycles. The van der Waals surface area contributed by atoms with Crippen molar-refractivity contribution in [3.8, 4) is 23.7 Å². The van der Waals surface area contributed by atoms with E-state index in [-0.39, 0.29) is 11.6 Å². The monoisotopic (exact) mass is 258 g/mol. The summed E-state index contributed by atoms with van der Waals surface area (Å²) in [6.07, 6.45) is 0. The first kappa shape index (κ1) is 13.3. The van der Waals surface area contributed by atoms with Crippen molar-refractivity contribution >= 4 is 11.6 Å². The van der Waals surface area contributed by atoms with E-state index in [9.17, 15) is 9.59 Å². The normalized spacial score (nSPS) is 8.60. The van der Waals surface area contributed by atoms with Crippen LogP contribution in [0.4, 0.5) is 0 Å². The van der Waals surface area contributed by atoms with Gasteiger partial charge in [0.15, 0.2) is 0 Å². The van der Waals surface area contributed by atoms with Crippen LogP contribution in [0.2, 0.25) is 0 Å². The van der Waals surface area contributed by atoms with E-state index in [0.29, 0.717) is 11.1 Å². The third-order valence-electron chi connectivity index (χ3n) is 2.49. The second-order valence-electron chi connectivity index (χ2n) is 3.89. The average molecular weight is 258 g/mol. The van der Waals surface area contributed by atoms with Crippen LogP contribution in [0.15, 0.2) is 60.7 Å². The molecule has 0 aromatic heterocycles. The van der Waals surface area contributed by atoms with Crippen LogP contribution < -0.4 is 0 Å². The number of rotatable bonds is 2. The summed E-state index contributed by atoms with van der Waals surface area (Å²) >= 11 is 0. The molecule has 0 aliphatic rings. The van der Waals surface area contributed by atoms with Crippen LogP contribution in [-0.2, 0) is 0 Å². The van der Waals surface area contributed by atoms with E-state index in [2.05, 4.69) is 23.7 Å². The Hall–Kier alpha value is -3.10. The van der Waals surface area contributed by atoms with Crippen LogP contribution in [0.5, 0.6) is 0 Å². The molecule has 0 fully saturated rings. The number of carbonyl (C=O) groups is 2. The summed E-state index contributed by atoms with van der Waals surface area (Å²) in [6.45, 7) is 0.